The standard InChI is InChI=1S/C50H78N4O13/c1-46(2,3)63-38(55)30-52(31-39(56)64-47(4,5)6)26-28-54(29-27-53(32-40(57)65-48(7,8)9)33-41(58)66-49(10,11)12)37(45(62)67-50(13,14)15)22-18-19-25-51-43(59)42-35-21-17-16-20-34(35)23-24-36(42)44(60)61/h16-17,20-21,23-24,37H,18-19,22,25-33H2,1-15H3,(H,51,59)(H,60,61)/t37-/m0/s1. The van der Waals surface area contributed by atoms with Gasteiger partial charge in [0.05, 0.1) is 37.3 Å². The lowest BCUT2D eigenvalue weighted by molar-refractivity contribution is -0.164. The minimum absolute atomic E-state index is 0.0491. The first kappa shape index (κ1) is 58.0. The molecule has 0 aliphatic heterocycles. The monoisotopic (exact) mass is 943 g/mol. The minimum Gasteiger partial charge on any atom is -0.478 e. The fourth-order valence-corrected chi connectivity index (χ4v) is 6.88. The molecule has 0 spiro atoms. The molecule has 0 saturated carbocycles. The highest BCUT2D eigenvalue weighted by Gasteiger charge is 2.33. The molecule has 0 aliphatic rings. The van der Waals surface area contributed by atoms with Crippen molar-refractivity contribution in [2.75, 3.05) is 58.9 Å². The summed E-state index contributed by atoms with van der Waals surface area (Å²) in [7, 11) is 0. The van der Waals surface area contributed by atoms with E-state index in [1.807, 2.05) is 4.90 Å². The molecule has 17 heteroatoms. The Labute approximate surface area is 397 Å². The molecule has 0 saturated heterocycles. The predicted octanol–water partition coefficient (Wildman–Crippen LogP) is 6.42. The zero-order chi connectivity index (χ0) is 51.1. The third-order valence-corrected chi connectivity index (χ3v) is 9.19. The number of rotatable bonds is 23. The van der Waals surface area contributed by atoms with Crippen molar-refractivity contribution in [3.63, 3.8) is 0 Å². The molecule has 2 aromatic carbocycles. The number of nitrogens with one attached hydrogen (secondary N) is 1. The van der Waals surface area contributed by atoms with Crippen molar-refractivity contribution in [2.45, 2.75) is 157 Å². The summed E-state index contributed by atoms with van der Waals surface area (Å²) >= 11 is 0. The van der Waals surface area contributed by atoms with Gasteiger partial charge in [0.25, 0.3) is 5.91 Å². The van der Waals surface area contributed by atoms with Crippen LogP contribution in [0.4, 0.5) is 0 Å². The van der Waals surface area contributed by atoms with Crippen LogP contribution in [0.2, 0.25) is 0 Å². The van der Waals surface area contributed by atoms with Crippen LogP contribution in [0.1, 0.15) is 144 Å². The second-order valence-electron chi connectivity index (χ2n) is 21.6. The van der Waals surface area contributed by atoms with Gasteiger partial charge >= 0.3 is 35.8 Å². The maximum atomic E-state index is 14.3. The number of unbranched alkanes of at least 4 members (excludes halogenated alkanes) is 1. The van der Waals surface area contributed by atoms with Gasteiger partial charge in [-0.2, -0.15) is 0 Å². The summed E-state index contributed by atoms with van der Waals surface area (Å²) < 4.78 is 28.4. The summed E-state index contributed by atoms with van der Waals surface area (Å²) in [6.45, 7) is 25.4. The lowest BCUT2D eigenvalue weighted by Crippen LogP contribution is -2.51. The summed E-state index contributed by atoms with van der Waals surface area (Å²) in [5.74, 6) is -4.65. The molecule has 17 nitrogen and oxygen atoms in total. The normalized spacial score (nSPS) is 13.0. The van der Waals surface area contributed by atoms with E-state index in [1.54, 1.807) is 144 Å². The minimum atomic E-state index is -1.23. The van der Waals surface area contributed by atoms with Gasteiger partial charge in [0, 0.05) is 32.7 Å². The highest BCUT2D eigenvalue weighted by molar-refractivity contribution is 6.14. The summed E-state index contributed by atoms with van der Waals surface area (Å²) in [5.41, 5.74) is -4.19. The van der Waals surface area contributed by atoms with Crippen molar-refractivity contribution in [1.29, 1.82) is 0 Å². The van der Waals surface area contributed by atoms with Crippen molar-refractivity contribution in [1.82, 2.24) is 20.0 Å². The lowest BCUT2D eigenvalue weighted by Gasteiger charge is -2.35. The van der Waals surface area contributed by atoms with Crippen molar-refractivity contribution >= 4 is 52.5 Å². The molecule has 1 amide bonds. The quantitative estimate of drug-likeness (QED) is 0.0700. The number of fused-ring (bicyclic) bond motifs is 1. The Hall–Kier alpha value is -5.13. The van der Waals surface area contributed by atoms with Crippen LogP contribution in [0.5, 0.6) is 0 Å². The third kappa shape index (κ3) is 23.9. The molecule has 67 heavy (non-hydrogen) atoms. The largest absolute Gasteiger partial charge is 0.478 e. The Balaban J connectivity index is 2.55. The summed E-state index contributed by atoms with van der Waals surface area (Å²) in [5, 5.41) is 14.0. The van der Waals surface area contributed by atoms with Crippen LogP contribution in [-0.2, 0) is 47.7 Å². The van der Waals surface area contributed by atoms with E-state index in [-0.39, 0.29) is 76.5 Å². The number of aromatic carboxylic acids is 1. The fourth-order valence-electron chi connectivity index (χ4n) is 6.88. The number of amides is 1. The van der Waals surface area contributed by atoms with E-state index < -0.39 is 75.8 Å². The second-order valence-corrected chi connectivity index (χ2v) is 21.6. The molecule has 2 rings (SSSR count). The molecule has 2 N–H and O–H groups in total. The van der Waals surface area contributed by atoms with Crippen LogP contribution < -0.4 is 5.32 Å². The van der Waals surface area contributed by atoms with Crippen molar-refractivity contribution < 1.29 is 62.4 Å². The van der Waals surface area contributed by atoms with Gasteiger partial charge < -0.3 is 34.1 Å². The average molecular weight is 943 g/mol. The van der Waals surface area contributed by atoms with Crippen molar-refractivity contribution in [3.05, 3.63) is 47.5 Å². The van der Waals surface area contributed by atoms with E-state index >= 15 is 0 Å². The molecule has 0 bridgehead atoms. The second kappa shape index (κ2) is 24.8. The lowest BCUT2D eigenvalue weighted by atomic mass is 9.98. The van der Waals surface area contributed by atoms with Gasteiger partial charge in [-0.3, -0.25) is 43.5 Å². The Morgan fingerprint density at radius 2 is 0.940 bits per heavy atom. The van der Waals surface area contributed by atoms with Crippen LogP contribution in [0, 0.1) is 0 Å². The summed E-state index contributed by atoms with van der Waals surface area (Å²) in [6.07, 6.45) is 0.996. The fraction of sp³-hybridized carbons (Fsp3) is 0.660. The number of benzene rings is 2. The predicted molar refractivity (Wildman–Crippen MR) is 255 cm³/mol. The van der Waals surface area contributed by atoms with E-state index in [0.29, 0.717) is 23.6 Å². The highest BCUT2D eigenvalue weighted by Crippen LogP contribution is 2.24. The topological polar surface area (TPSA) is 208 Å². The number of carboxylic acid groups (broad SMARTS) is 1. The molecule has 376 valence electrons. The molecular formula is C50H78N4O13. The number of esters is 5. The Bertz CT molecular complexity index is 1890. The van der Waals surface area contributed by atoms with E-state index in [9.17, 15) is 38.7 Å². The molecule has 2 aromatic rings. The zero-order valence-corrected chi connectivity index (χ0v) is 42.7. The molecule has 0 heterocycles. The molecule has 0 aliphatic carbocycles. The Kier molecular flexibility index (Phi) is 21.4. The number of carbonyl (C=O) groups excluding carboxylic acids is 6. The van der Waals surface area contributed by atoms with Crippen LogP contribution in [-0.4, -0.2) is 154 Å². The SMILES string of the molecule is CC(C)(C)OC(=O)CN(CCN(CCN(CC(=O)OC(C)(C)C)CC(=O)OC(C)(C)C)[C@@H](CCCCNC(=O)c1c(C(=O)O)ccc2ccccc12)C(=O)OC(C)(C)C)CC(=O)OC(C)(C)C. The van der Waals surface area contributed by atoms with Crippen LogP contribution in [0.15, 0.2) is 36.4 Å². The van der Waals surface area contributed by atoms with Gasteiger partial charge in [-0.1, -0.05) is 30.3 Å². The number of nitrogens with zero attached hydrogens (tertiary/aromatic N) is 3. The van der Waals surface area contributed by atoms with Crippen LogP contribution >= 0.6 is 0 Å². The van der Waals surface area contributed by atoms with Gasteiger partial charge in [0.15, 0.2) is 0 Å². The van der Waals surface area contributed by atoms with Crippen LogP contribution in [0.25, 0.3) is 10.8 Å². The molecule has 0 unspecified atom stereocenters. The summed E-state index contributed by atoms with van der Waals surface area (Å²) in [4.78, 5) is 97.8. The van der Waals surface area contributed by atoms with Gasteiger partial charge in [-0.05, 0) is 140 Å². The number of hydrogen-bond donors (Lipinski definition) is 2. The average Bonchev–Trinajstić information content (AvgIpc) is 3.11. The maximum Gasteiger partial charge on any atom is 0.336 e. The van der Waals surface area contributed by atoms with E-state index in [1.165, 1.54) is 6.07 Å². The number of ether oxygens (including phenoxy) is 5. The number of carboxylic acids is 1. The molecule has 0 aromatic heterocycles. The molecule has 1 atom stereocenters. The van der Waals surface area contributed by atoms with Gasteiger partial charge in [0.2, 0.25) is 0 Å². The molecular weight excluding hydrogens is 865 g/mol. The highest BCUT2D eigenvalue weighted by atomic mass is 16.6. The third-order valence-electron chi connectivity index (χ3n) is 9.19. The number of hydrogen-bond acceptors (Lipinski definition) is 15. The van der Waals surface area contributed by atoms with Crippen molar-refractivity contribution in [2.24, 2.45) is 0 Å². The Morgan fingerprint density at radius 1 is 0.537 bits per heavy atom. The first-order valence-corrected chi connectivity index (χ1v) is 22.9. The first-order chi connectivity index (χ1) is 30.6. The van der Waals surface area contributed by atoms with Crippen molar-refractivity contribution in [3.8, 4) is 0 Å². The van der Waals surface area contributed by atoms with E-state index in [0.717, 1.165) is 0 Å². The van der Waals surface area contributed by atoms with Gasteiger partial charge in [-0.25, -0.2) is 4.79 Å². The molecule has 0 fully saturated rings. The number of carbonyl (C=O) groups is 7. The smallest absolute Gasteiger partial charge is 0.336 e. The van der Waals surface area contributed by atoms with E-state index in [4.69, 9.17) is 23.7 Å². The Morgan fingerprint density at radius 3 is 1.33 bits per heavy atom. The zero-order valence-electron chi connectivity index (χ0n) is 42.7. The maximum absolute atomic E-state index is 14.3. The summed E-state index contributed by atoms with van der Waals surface area (Å²) in [6, 6.07) is 9.15. The first-order valence-electron chi connectivity index (χ1n) is 22.9. The van der Waals surface area contributed by atoms with E-state index in [2.05, 4.69) is 5.32 Å². The van der Waals surface area contributed by atoms with Crippen LogP contribution in [0.3, 0.4) is 0 Å². The van der Waals surface area contributed by atoms with Gasteiger partial charge in [0.1, 0.15) is 34.0 Å². The molecule has 0 radical (unpaired) electrons. The van der Waals surface area contributed by atoms with Gasteiger partial charge in [-0.15, -0.1) is 0 Å².